The molecule has 4 aromatic rings. The fourth-order valence-electron chi connectivity index (χ4n) is 15.0. The number of carboxylic acid groups (broad SMARTS) is 1. The average molecular weight is 1930 g/mol. The van der Waals surface area contributed by atoms with E-state index in [1.807, 2.05) is 36.4 Å². The number of hydrogen-bond acceptors (Lipinski definition) is 27. The van der Waals surface area contributed by atoms with Crippen LogP contribution in [0.3, 0.4) is 0 Å². The maximum Gasteiger partial charge on any atom is 0.326 e. The Labute approximate surface area is 800 Å². The van der Waals surface area contributed by atoms with Crippen molar-refractivity contribution in [1.82, 2.24) is 89.0 Å². The number of phenolic OH excluding ortho intramolecular Hbond substituents is 1. The lowest BCUT2D eigenvalue weighted by atomic mass is 9.90. The van der Waals surface area contributed by atoms with Gasteiger partial charge in [0.1, 0.15) is 90.6 Å². The van der Waals surface area contributed by atoms with Crippen LogP contribution >= 0.6 is 12.6 Å². The third-order valence-electron chi connectivity index (χ3n) is 22.6. The second-order valence-electron chi connectivity index (χ2n) is 32.7. The predicted molar refractivity (Wildman–Crippen MR) is 514 cm³/mol. The molecular weight excluding hydrogens is 1790 g/mol. The Kier molecular flexibility index (Phi) is 49.5. The summed E-state index contributed by atoms with van der Waals surface area (Å²) in [7, 11) is 0. The Morgan fingerprint density at radius 1 is 0.460 bits per heavy atom. The van der Waals surface area contributed by atoms with Crippen molar-refractivity contribution < 1.29 is 96.4 Å². The number of aliphatic hydroxyl groups is 1. The van der Waals surface area contributed by atoms with Gasteiger partial charge in [0.15, 0.2) is 0 Å². The van der Waals surface area contributed by atoms with E-state index >= 15 is 0 Å². The van der Waals surface area contributed by atoms with Gasteiger partial charge in [-0.15, -0.1) is 0 Å². The van der Waals surface area contributed by atoms with Gasteiger partial charge in [0.05, 0.1) is 50.9 Å². The fraction of sp³-hybridized carbons (Fsp3) is 0.522. The maximum atomic E-state index is 14.6. The highest BCUT2D eigenvalue weighted by atomic mass is 32.1. The molecule has 0 saturated carbocycles. The van der Waals surface area contributed by atoms with Crippen LogP contribution in [0.1, 0.15) is 158 Å². The molecule has 0 unspecified atom stereocenters. The van der Waals surface area contributed by atoms with Crippen molar-refractivity contribution in [2.24, 2.45) is 34.4 Å². The van der Waals surface area contributed by atoms with Crippen LogP contribution in [0.5, 0.6) is 5.75 Å². The number of imidazole rings is 1. The number of thiol groups is 1. The topological polar surface area (TPSA) is 706 Å². The molecule has 0 bridgehead atoms. The number of primary amides is 1. The smallest absolute Gasteiger partial charge is 0.326 e. The number of aliphatic carboxylic acids is 1. The maximum absolute atomic E-state index is 14.6. The molecule has 44 nitrogen and oxygen atoms in total. The van der Waals surface area contributed by atoms with Gasteiger partial charge in [-0.3, -0.25) is 71.9 Å². The number of aromatic hydroxyl groups is 1. The molecule has 2 aliphatic rings. The van der Waals surface area contributed by atoms with Crippen LogP contribution < -0.4 is 124 Å². The Bertz CT molecular complexity index is 5030. The molecule has 1 aliphatic carbocycles. The third-order valence-corrected chi connectivity index (χ3v) is 22.9. The van der Waals surface area contributed by atoms with Crippen LogP contribution in [-0.2, 0) is 84.8 Å². The number of amides is 15. The summed E-state index contributed by atoms with van der Waals surface area (Å²) in [4.78, 5) is 229. The van der Waals surface area contributed by atoms with Gasteiger partial charge in [0.2, 0.25) is 88.1 Å². The number of carbonyl (C=O) groups is 16. The second-order valence-corrected chi connectivity index (χ2v) is 33.0. The van der Waals surface area contributed by atoms with Crippen LogP contribution in [0.15, 0.2) is 102 Å². The number of aliphatic hydroxyl groups excluding tert-OH is 1. The first-order chi connectivity index (χ1) is 65.8. The number of aromatic nitrogens is 2. The highest BCUT2D eigenvalue weighted by Gasteiger charge is 2.37. The van der Waals surface area contributed by atoms with Gasteiger partial charge < -0.3 is 138 Å². The van der Waals surface area contributed by atoms with Crippen LogP contribution in [0.25, 0.3) is 33.4 Å². The molecular formula is C92H137N24O20S+. The van der Waals surface area contributed by atoms with E-state index in [9.17, 15) is 92.0 Å². The van der Waals surface area contributed by atoms with Gasteiger partial charge in [-0.1, -0.05) is 30.3 Å². The number of phenols is 1. The number of nitrogens with two attached hydrogens (primary N) is 6. The number of rotatable bonds is 64. The molecule has 0 spiro atoms. The van der Waals surface area contributed by atoms with Crippen LogP contribution in [0.4, 0.5) is 5.69 Å². The zero-order valence-electron chi connectivity index (χ0n) is 78.1. The summed E-state index contributed by atoms with van der Waals surface area (Å²) in [5, 5.41) is 67.0. The lowest BCUT2D eigenvalue weighted by Crippen LogP contribution is -2.60. The van der Waals surface area contributed by atoms with Crippen LogP contribution in [-0.4, -0.2) is 278 Å². The van der Waals surface area contributed by atoms with Crippen molar-refractivity contribution in [2.45, 2.75) is 210 Å². The van der Waals surface area contributed by atoms with Crippen molar-refractivity contribution in [1.29, 1.82) is 0 Å². The van der Waals surface area contributed by atoms with Crippen molar-refractivity contribution in [3.05, 3.63) is 120 Å². The summed E-state index contributed by atoms with van der Waals surface area (Å²) in [5.41, 5.74) is 38.9. The Hall–Kier alpha value is -13.2. The number of aromatic amines is 1. The zero-order chi connectivity index (χ0) is 100. The minimum atomic E-state index is -1.62. The monoisotopic (exact) mass is 1930 g/mol. The minimum Gasteiger partial charge on any atom is -0.508 e. The Balaban J connectivity index is 1.06. The van der Waals surface area contributed by atoms with E-state index in [2.05, 4.69) is 134 Å². The summed E-state index contributed by atoms with van der Waals surface area (Å²) in [5.74, 6) is -14.8. The largest absolute Gasteiger partial charge is 0.508 e. The molecule has 15 amide bonds. The molecule has 1 aliphatic heterocycles. The van der Waals surface area contributed by atoms with E-state index in [-0.39, 0.29) is 114 Å². The summed E-state index contributed by atoms with van der Waals surface area (Å²) >= 11 is 4.30. The minimum absolute atomic E-state index is 0.00367. The number of anilines is 1. The molecule has 137 heavy (non-hydrogen) atoms. The predicted octanol–water partition coefficient (Wildman–Crippen LogP) is -3.38. The van der Waals surface area contributed by atoms with Gasteiger partial charge in [-0.2, -0.15) is 12.6 Å². The first-order valence-corrected chi connectivity index (χ1v) is 47.0. The number of nitrogens with zero attached hydrogens (tertiary/aromatic N) is 3. The molecule has 2 heterocycles. The quantitative estimate of drug-likeness (QED) is 0.00767. The first kappa shape index (κ1) is 113. The third kappa shape index (κ3) is 37.4. The standard InChI is InChI=1S/C92H136N24O20S/c1-5-115(6-2)57-30-34-62-74(45-57)136-75-46-58(116(7-3)8-4)31-35-63(75)81(62)60-21-9-10-22-61(60)82(124)101-50-80(123)107-72(52-117)84(126)103-51-79(122)106-65(24-12-17-39-94)85(127)108-64(23-11-16-38-93)83(125)102-48-77(120)100-49-78(121)105-66(25-13-18-40-95)86(128)109-67(26-14-19-41-96)87(129)112-70(44-56-47-99-54-104-56)90(132)114-73(53-137)91(133)111-69(36-37-76(98)119)89(131)110-68(27-15-20-42-97)88(130)113-71(92(134)135)43-55-28-32-59(118)33-29-55/h9-10,21-22,28-35,45-47,54,64-73,117H,5-8,11-20,23-27,36-44,48-53,93-97H2,1-4H3,(H19-,98,99,100,101,102,103,104,105,106,107,108,109,110,111,112,113,114,118,119,120,121,122,123,124,125,126,127,128,129,130,131,132,133,134,135,137)/p+1/t64-,65-,66-,67-,68-,69-,70-,71-,72-,73-/m0/s1. The number of nitrogens with one attached hydrogen (secondary N) is 15. The average Bonchev–Trinajstić information content (AvgIpc) is 1.65. The molecule has 10 atom stereocenters. The molecule has 0 saturated heterocycles. The first-order valence-electron chi connectivity index (χ1n) is 46.3. The molecule has 3 aromatic carbocycles. The fourth-order valence-corrected chi connectivity index (χ4v) is 15.2. The summed E-state index contributed by atoms with van der Waals surface area (Å²) in [6.07, 6.45) is 4.46. The van der Waals surface area contributed by atoms with Crippen molar-refractivity contribution >= 4 is 124 Å². The number of carbonyl (C=O) groups excluding carboxylic acids is 15. The summed E-state index contributed by atoms with van der Waals surface area (Å²) in [6.45, 7) is 8.43. The zero-order valence-corrected chi connectivity index (χ0v) is 79.0. The van der Waals surface area contributed by atoms with Gasteiger partial charge in [0, 0.05) is 84.2 Å². The van der Waals surface area contributed by atoms with E-state index in [0.717, 1.165) is 53.7 Å². The van der Waals surface area contributed by atoms with E-state index in [1.54, 1.807) is 24.3 Å². The number of H-pyrrole nitrogens is 1. The molecule has 0 radical (unpaired) electrons. The number of unbranched alkanes of at least 4 members (excludes halogenated alkanes) is 5. The number of carboxylic acids is 1. The van der Waals surface area contributed by atoms with Gasteiger partial charge in [-0.25, -0.2) is 14.4 Å². The van der Waals surface area contributed by atoms with Crippen LogP contribution in [0, 0.1) is 0 Å². The normalized spacial score (nSPS) is 13.3. The highest BCUT2D eigenvalue weighted by Crippen LogP contribution is 2.42. The Morgan fingerprint density at radius 2 is 0.898 bits per heavy atom. The SMILES string of the molecule is CCN(CC)c1ccc2c(-c3ccccc3C(=O)NCC(=O)N[C@@H](CO)C(=O)NCC(=O)N[C@@H](CCCCN)C(=O)N[C@@H](CCCCN)C(=O)NCC(=O)NCC(=O)N[C@@H](CCCCN)C(=O)N[C@@H](CCCCN)C(=O)N[C@@H](Cc3c[nH]cn3)C(=O)N[C@@H](CS)C(=O)N[C@@H](CCC(N)=O)C(=O)N[C@@H](CCCCN)C(=O)N[C@@H](Cc3ccc(O)cc3)C(=O)O)c3ccc(=[N+](CC)CC)cc-3oc2c1. The molecule has 1 aromatic heterocycles. The summed E-state index contributed by atoms with van der Waals surface area (Å²) < 4.78 is 8.84. The molecule has 0 fully saturated rings. The van der Waals surface area contributed by atoms with Crippen LogP contribution in [0.2, 0.25) is 0 Å². The summed E-state index contributed by atoms with van der Waals surface area (Å²) in [6, 6.07) is 9.66. The highest BCUT2D eigenvalue weighted by molar-refractivity contribution is 7.80. The number of hydrogen-bond donors (Lipinski definition) is 25. The lowest BCUT2D eigenvalue weighted by Gasteiger charge is -2.27. The van der Waals surface area contributed by atoms with E-state index in [0.29, 0.717) is 67.4 Å². The second kappa shape index (κ2) is 60.3. The molecule has 6 rings (SSSR count). The van der Waals surface area contributed by atoms with E-state index < -0.39 is 206 Å². The van der Waals surface area contributed by atoms with Crippen molar-refractivity contribution in [3.63, 3.8) is 0 Å². The van der Waals surface area contributed by atoms with Gasteiger partial charge in [-0.05, 0) is 211 Å². The van der Waals surface area contributed by atoms with Gasteiger partial charge >= 0.3 is 5.97 Å². The number of benzene rings is 4. The molecule has 45 heteroatoms. The van der Waals surface area contributed by atoms with Crippen molar-refractivity contribution in [2.75, 3.05) is 102 Å². The lowest BCUT2D eigenvalue weighted by molar-refractivity contribution is -0.142. The van der Waals surface area contributed by atoms with Crippen molar-refractivity contribution in [3.8, 4) is 28.2 Å². The molecule has 30 N–H and O–H groups in total. The Morgan fingerprint density at radius 3 is 1.37 bits per heavy atom. The van der Waals surface area contributed by atoms with E-state index in [1.165, 1.54) is 36.8 Å². The molecule has 750 valence electrons. The van der Waals surface area contributed by atoms with Gasteiger partial charge in [0.25, 0.3) is 5.91 Å². The number of fused-ring (bicyclic) bond motifs is 2. The van der Waals surface area contributed by atoms with E-state index in [4.69, 9.17) is 38.8 Å².